The largest absolute Gasteiger partial charge is 0.481 e. The van der Waals surface area contributed by atoms with Gasteiger partial charge in [-0.25, -0.2) is 0 Å². The smallest absolute Gasteiger partial charge is 0.309 e. The summed E-state index contributed by atoms with van der Waals surface area (Å²) in [6.45, 7) is 7.80. The van der Waals surface area contributed by atoms with Crippen LogP contribution in [-0.2, 0) is 9.53 Å². The van der Waals surface area contributed by atoms with Crippen molar-refractivity contribution in [1.82, 2.24) is 0 Å². The second-order valence-electron chi connectivity index (χ2n) is 11.7. The van der Waals surface area contributed by atoms with Crippen molar-refractivity contribution in [3.63, 3.8) is 0 Å². The van der Waals surface area contributed by atoms with Gasteiger partial charge in [0.05, 0.1) is 23.2 Å². The van der Waals surface area contributed by atoms with Gasteiger partial charge in [-0.1, -0.05) is 12.8 Å². The minimum Gasteiger partial charge on any atom is -0.481 e. The summed E-state index contributed by atoms with van der Waals surface area (Å²) in [5.74, 6) is 0.693. The molecule has 0 aliphatic heterocycles. The highest BCUT2D eigenvalue weighted by Gasteiger charge is 2.38. The van der Waals surface area contributed by atoms with Crippen LogP contribution in [0.15, 0.2) is 0 Å². The zero-order valence-corrected chi connectivity index (χ0v) is 20.6. The Morgan fingerprint density at radius 1 is 0.774 bits per heavy atom. The number of rotatable bonds is 13. The van der Waals surface area contributed by atoms with Crippen LogP contribution in [0.25, 0.3) is 0 Å². The Hall–Kier alpha value is -0.650. The molecule has 2 fully saturated rings. The highest BCUT2D eigenvalue weighted by atomic mass is 16.5. The van der Waals surface area contributed by atoms with E-state index in [0.29, 0.717) is 30.1 Å². The van der Waals surface area contributed by atoms with Crippen molar-refractivity contribution in [2.75, 3.05) is 7.11 Å². The summed E-state index contributed by atoms with van der Waals surface area (Å²) in [7, 11) is 1.76. The van der Waals surface area contributed by atoms with Crippen LogP contribution in [0.4, 0.5) is 0 Å². The van der Waals surface area contributed by atoms with Crippen LogP contribution in [0.5, 0.6) is 0 Å². The average molecular weight is 441 g/mol. The Kier molecular flexibility index (Phi) is 9.84. The summed E-state index contributed by atoms with van der Waals surface area (Å²) in [6.07, 6.45) is 11.5. The van der Waals surface area contributed by atoms with Crippen LogP contribution in [0.1, 0.15) is 105 Å². The van der Waals surface area contributed by atoms with Crippen molar-refractivity contribution in [2.45, 2.75) is 123 Å². The van der Waals surface area contributed by atoms with Gasteiger partial charge in [0.15, 0.2) is 0 Å². The van der Waals surface area contributed by atoms with Crippen molar-refractivity contribution in [2.24, 2.45) is 29.1 Å². The van der Waals surface area contributed by atoms with Gasteiger partial charge in [-0.15, -0.1) is 0 Å². The number of methoxy groups -OCH3 is 1. The van der Waals surface area contributed by atoms with Crippen LogP contribution in [-0.4, -0.2) is 46.2 Å². The third-order valence-corrected chi connectivity index (χ3v) is 8.52. The maximum absolute atomic E-state index is 11.3. The first-order valence-corrected chi connectivity index (χ1v) is 12.6. The van der Waals surface area contributed by atoms with Gasteiger partial charge >= 0.3 is 5.97 Å². The summed E-state index contributed by atoms with van der Waals surface area (Å²) >= 11 is 0. The average Bonchev–Trinajstić information content (AvgIpc) is 3.23. The molecule has 6 unspecified atom stereocenters. The normalized spacial score (nSPS) is 32.0. The molecular weight excluding hydrogens is 392 g/mol. The standard InChI is InChI=1S/C26H48O5/c1-25(2,24(29)30)16-6-8-18-10-12-20(22(18)27)14-15-21-13-11-19(23(21)28)9-7-17-26(3,4)31-5/h18-23,27-28H,6-17H2,1-5H3,(H,29,30). The fourth-order valence-corrected chi connectivity index (χ4v) is 5.80. The molecule has 6 atom stereocenters. The molecule has 2 aliphatic carbocycles. The van der Waals surface area contributed by atoms with Gasteiger partial charge in [-0.2, -0.15) is 0 Å². The monoisotopic (exact) mass is 440 g/mol. The third-order valence-electron chi connectivity index (χ3n) is 8.52. The summed E-state index contributed by atoms with van der Waals surface area (Å²) in [6, 6.07) is 0. The van der Waals surface area contributed by atoms with Gasteiger partial charge in [-0.05, 0) is 116 Å². The lowest BCUT2D eigenvalue weighted by atomic mass is 9.84. The minimum atomic E-state index is -0.742. The Morgan fingerprint density at radius 3 is 1.55 bits per heavy atom. The molecule has 0 aromatic carbocycles. The number of carboxylic acids is 1. The topological polar surface area (TPSA) is 87.0 Å². The summed E-state index contributed by atoms with van der Waals surface area (Å²) in [5, 5.41) is 30.9. The number of carboxylic acid groups (broad SMARTS) is 1. The fourth-order valence-electron chi connectivity index (χ4n) is 5.80. The SMILES string of the molecule is COC(C)(C)CCCC1CCC(CCC2CCC(CCCC(C)(C)C(=O)O)C2O)C1O. The Morgan fingerprint density at radius 2 is 1.16 bits per heavy atom. The zero-order chi connectivity index (χ0) is 23.2. The summed E-state index contributed by atoms with van der Waals surface area (Å²) in [4.78, 5) is 11.3. The van der Waals surface area contributed by atoms with Crippen LogP contribution in [0.3, 0.4) is 0 Å². The predicted octanol–water partition coefficient (Wildman–Crippen LogP) is 5.42. The quantitative estimate of drug-likeness (QED) is 0.356. The lowest BCUT2D eigenvalue weighted by molar-refractivity contribution is -0.147. The van der Waals surface area contributed by atoms with Crippen molar-refractivity contribution >= 4 is 5.97 Å². The molecule has 0 heterocycles. The van der Waals surface area contributed by atoms with Crippen LogP contribution >= 0.6 is 0 Å². The molecule has 5 nitrogen and oxygen atoms in total. The van der Waals surface area contributed by atoms with E-state index in [0.717, 1.165) is 70.6 Å². The highest BCUT2D eigenvalue weighted by molar-refractivity contribution is 5.73. The van der Waals surface area contributed by atoms with Gasteiger partial charge in [0, 0.05) is 7.11 Å². The lowest BCUT2D eigenvalue weighted by Gasteiger charge is -2.25. The van der Waals surface area contributed by atoms with Gasteiger partial charge < -0.3 is 20.1 Å². The molecule has 2 rings (SSSR count). The Labute approximate surface area is 190 Å². The molecule has 2 aliphatic rings. The number of aliphatic carboxylic acids is 1. The number of ether oxygens (including phenoxy) is 1. The van der Waals surface area contributed by atoms with Crippen molar-refractivity contribution < 1.29 is 24.9 Å². The maximum Gasteiger partial charge on any atom is 0.309 e. The van der Waals surface area contributed by atoms with E-state index in [4.69, 9.17) is 4.74 Å². The van der Waals surface area contributed by atoms with Gasteiger partial charge in [0.1, 0.15) is 0 Å². The first kappa shape index (κ1) is 26.6. The van der Waals surface area contributed by atoms with E-state index in [1.165, 1.54) is 0 Å². The molecule has 0 spiro atoms. The maximum atomic E-state index is 11.3. The number of aliphatic hydroxyl groups is 2. The predicted molar refractivity (Wildman–Crippen MR) is 124 cm³/mol. The van der Waals surface area contributed by atoms with Gasteiger partial charge in [0.2, 0.25) is 0 Å². The Balaban J connectivity index is 1.68. The molecule has 0 aromatic rings. The molecule has 182 valence electrons. The molecular formula is C26H48O5. The third kappa shape index (κ3) is 7.71. The number of hydrogen-bond acceptors (Lipinski definition) is 4. The van der Waals surface area contributed by atoms with Crippen LogP contribution in [0, 0.1) is 29.1 Å². The van der Waals surface area contributed by atoms with E-state index in [-0.39, 0.29) is 17.8 Å². The van der Waals surface area contributed by atoms with Crippen molar-refractivity contribution in [3.05, 3.63) is 0 Å². The van der Waals surface area contributed by atoms with Crippen molar-refractivity contribution in [3.8, 4) is 0 Å². The Bertz CT molecular complexity index is 558. The second kappa shape index (κ2) is 11.5. The lowest BCUT2D eigenvalue weighted by Crippen LogP contribution is -2.26. The van der Waals surface area contributed by atoms with E-state index in [2.05, 4.69) is 13.8 Å². The molecule has 3 N–H and O–H groups in total. The first-order chi connectivity index (χ1) is 14.5. The van der Waals surface area contributed by atoms with Gasteiger partial charge in [0.25, 0.3) is 0 Å². The zero-order valence-electron chi connectivity index (χ0n) is 20.6. The molecule has 0 bridgehead atoms. The summed E-state index contributed by atoms with van der Waals surface area (Å²) in [5.41, 5.74) is -0.765. The molecule has 0 amide bonds. The van der Waals surface area contributed by atoms with E-state index in [9.17, 15) is 20.1 Å². The van der Waals surface area contributed by atoms with Crippen molar-refractivity contribution in [1.29, 1.82) is 0 Å². The van der Waals surface area contributed by atoms with E-state index < -0.39 is 11.4 Å². The number of aliphatic hydroxyl groups excluding tert-OH is 2. The molecule has 5 heteroatoms. The molecule has 0 radical (unpaired) electrons. The van der Waals surface area contributed by atoms with E-state index >= 15 is 0 Å². The minimum absolute atomic E-state index is 0.0819. The van der Waals surface area contributed by atoms with Crippen LogP contribution in [0.2, 0.25) is 0 Å². The van der Waals surface area contributed by atoms with Gasteiger partial charge in [-0.3, -0.25) is 4.79 Å². The highest BCUT2D eigenvalue weighted by Crippen LogP contribution is 2.42. The molecule has 31 heavy (non-hydrogen) atoms. The molecule has 0 saturated heterocycles. The number of hydrogen-bond donors (Lipinski definition) is 3. The van der Waals surface area contributed by atoms with Crippen LogP contribution < -0.4 is 0 Å². The molecule has 2 saturated carbocycles. The number of carbonyl (C=O) groups is 1. The second-order valence-corrected chi connectivity index (χ2v) is 11.7. The van der Waals surface area contributed by atoms with E-state index in [1.54, 1.807) is 21.0 Å². The molecule has 0 aromatic heterocycles. The van der Waals surface area contributed by atoms with E-state index in [1.807, 2.05) is 0 Å². The summed E-state index contributed by atoms with van der Waals surface area (Å²) < 4.78 is 5.50. The first-order valence-electron chi connectivity index (χ1n) is 12.6. The fraction of sp³-hybridized carbons (Fsp3) is 0.962.